The first-order valence-corrected chi connectivity index (χ1v) is 8.61. The monoisotopic (exact) mass is 317 g/mol. The van der Waals surface area contributed by atoms with Gasteiger partial charge in [-0.05, 0) is 49.9 Å². The third-order valence-corrected chi connectivity index (χ3v) is 5.15. The van der Waals surface area contributed by atoms with Crippen LogP contribution >= 0.6 is 0 Å². The molecule has 0 amide bonds. The standard InChI is InChI=1S/C19H19N5/c1-4-10-19(11-5-1)22-16-9-3-2-8-15(16)18-21-17(23-24(18)19)14-7-6-12-20-13-14/h2-3,6-9,12-13,22H,1,4-5,10-11H2. The van der Waals surface area contributed by atoms with E-state index in [1.54, 1.807) is 6.20 Å². The van der Waals surface area contributed by atoms with E-state index in [0.29, 0.717) is 0 Å². The molecule has 1 fully saturated rings. The van der Waals surface area contributed by atoms with Crippen molar-refractivity contribution in [2.75, 3.05) is 5.32 Å². The van der Waals surface area contributed by atoms with Crippen molar-refractivity contribution >= 4 is 5.69 Å². The van der Waals surface area contributed by atoms with Crippen LogP contribution < -0.4 is 5.32 Å². The van der Waals surface area contributed by atoms with Crippen molar-refractivity contribution in [2.24, 2.45) is 0 Å². The lowest BCUT2D eigenvalue weighted by Crippen LogP contribution is -2.46. The molecule has 0 unspecified atom stereocenters. The number of anilines is 1. The van der Waals surface area contributed by atoms with E-state index in [-0.39, 0.29) is 5.66 Å². The molecule has 1 spiro atoms. The molecule has 1 aromatic carbocycles. The third-order valence-electron chi connectivity index (χ3n) is 5.15. The average Bonchev–Trinajstić information content (AvgIpc) is 3.10. The second kappa shape index (κ2) is 5.16. The number of hydrogen-bond donors (Lipinski definition) is 1. The summed E-state index contributed by atoms with van der Waals surface area (Å²) in [4.78, 5) is 9.09. The number of benzene rings is 1. The summed E-state index contributed by atoms with van der Waals surface area (Å²) in [6.45, 7) is 0. The quantitative estimate of drug-likeness (QED) is 0.735. The summed E-state index contributed by atoms with van der Waals surface area (Å²) in [7, 11) is 0. The molecule has 24 heavy (non-hydrogen) atoms. The largest absolute Gasteiger partial charge is 0.361 e. The van der Waals surface area contributed by atoms with Gasteiger partial charge >= 0.3 is 0 Å². The first kappa shape index (κ1) is 13.7. The maximum Gasteiger partial charge on any atom is 0.183 e. The van der Waals surface area contributed by atoms with Gasteiger partial charge < -0.3 is 5.32 Å². The van der Waals surface area contributed by atoms with E-state index in [1.165, 1.54) is 19.3 Å². The molecule has 120 valence electrons. The summed E-state index contributed by atoms with van der Waals surface area (Å²) in [5.74, 6) is 1.71. The normalized spacial score (nSPS) is 17.8. The Hall–Kier alpha value is -2.69. The Morgan fingerprint density at radius 3 is 2.71 bits per heavy atom. The molecule has 0 radical (unpaired) electrons. The number of nitrogens with one attached hydrogen (secondary N) is 1. The maximum absolute atomic E-state index is 4.90. The van der Waals surface area contributed by atoms with Crippen molar-refractivity contribution < 1.29 is 0 Å². The van der Waals surface area contributed by atoms with Gasteiger partial charge in [0.15, 0.2) is 11.6 Å². The molecule has 2 aliphatic rings. The van der Waals surface area contributed by atoms with Crippen LogP contribution in [0.3, 0.4) is 0 Å². The number of fused-ring (bicyclic) bond motifs is 4. The van der Waals surface area contributed by atoms with Crippen LogP contribution in [0.1, 0.15) is 32.1 Å². The van der Waals surface area contributed by atoms with Crippen LogP contribution in [0, 0.1) is 0 Å². The molecule has 1 aliphatic heterocycles. The number of para-hydroxylation sites is 1. The summed E-state index contributed by atoms with van der Waals surface area (Å²) >= 11 is 0. The fourth-order valence-electron chi connectivity index (χ4n) is 3.97. The highest BCUT2D eigenvalue weighted by molar-refractivity contribution is 5.77. The molecule has 1 saturated carbocycles. The molecule has 5 heteroatoms. The smallest absolute Gasteiger partial charge is 0.183 e. The average molecular weight is 317 g/mol. The van der Waals surface area contributed by atoms with Gasteiger partial charge in [0.1, 0.15) is 5.66 Å². The minimum absolute atomic E-state index is 0.143. The van der Waals surface area contributed by atoms with Crippen molar-refractivity contribution in [1.82, 2.24) is 19.7 Å². The highest BCUT2D eigenvalue weighted by atomic mass is 15.5. The number of nitrogens with zero attached hydrogens (tertiary/aromatic N) is 4. The van der Waals surface area contributed by atoms with Gasteiger partial charge in [0.2, 0.25) is 0 Å². The van der Waals surface area contributed by atoms with Crippen LogP contribution in [0.2, 0.25) is 0 Å². The van der Waals surface area contributed by atoms with Crippen LogP contribution in [0.4, 0.5) is 5.69 Å². The first-order valence-electron chi connectivity index (χ1n) is 8.61. The predicted octanol–water partition coefficient (Wildman–Crippen LogP) is 4.05. The van der Waals surface area contributed by atoms with Crippen LogP contribution in [0.25, 0.3) is 22.8 Å². The van der Waals surface area contributed by atoms with Gasteiger partial charge in [-0.25, -0.2) is 9.67 Å². The van der Waals surface area contributed by atoms with Gasteiger partial charge in [0, 0.05) is 29.2 Å². The lowest BCUT2D eigenvalue weighted by molar-refractivity contribution is 0.209. The number of hydrogen-bond acceptors (Lipinski definition) is 4. The van der Waals surface area contributed by atoms with Crippen molar-refractivity contribution in [3.63, 3.8) is 0 Å². The Bertz CT molecular complexity index is 878. The molecule has 0 bridgehead atoms. The maximum atomic E-state index is 4.90. The van der Waals surface area contributed by atoms with Crippen molar-refractivity contribution in [3.8, 4) is 22.8 Å². The van der Waals surface area contributed by atoms with Gasteiger partial charge in [-0.15, -0.1) is 5.10 Å². The second-order valence-electron chi connectivity index (χ2n) is 6.68. The lowest BCUT2D eigenvalue weighted by Gasteiger charge is -2.42. The van der Waals surface area contributed by atoms with E-state index < -0.39 is 0 Å². The van der Waals surface area contributed by atoms with Crippen molar-refractivity contribution in [2.45, 2.75) is 37.8 Å². The number of aromatic nitrogens is 4. The SMILES string of the molecule is c1cncc(-c2nc3n(n2)C2(CCCCC2)Nc2ccccc2-3)c1. The summed E-state index contributed by atoms with van der Waals surface area (Å²) in [5, 5.41) is 8.68. The molecule has 0 saturated heterocycles. The van der Waals surface area contributed by atoms with E-state index in [1.807, 2.05) is 18.3 Å². The van der Waals surface area contributed by atoms with Crippen molar-refractivity contribution in [3.05, 3.63) is 48.8 Å². The Balaban J connectivity index is 1.72. The molecule has 5 rings (SSSR count). The Morgan fingerprint density at radius 2 is 1.88 bits per heavy atom. The predicted molar refractivity (Wildman–Crippen MR) is 93.4 cm³/mol. The van der Waals surface area contributed by atoms with E-state index in [9.17, 15) is 0 Å². The molecule has 5 nitrogen and oxygen atoms in total. The highest BCUT2D eigenvalue weighted by Crippen LogP contribution is 2.44. The summed E-state index contributed by atoms with van der Waals surface area (Å²) in [6, 6.07) is 12.3. The molecule has 1 N–H and O–H groups in total. The molecule has 1 aliphatic carbocycles. The van der Waals surface area contributed by atoms with Crippen LogP contribution in [0.5, 0.6) is 0 Å². The zero-order valence-electron chi connectivity index (χ0n) is 13.4. The highest BCUT2D eigenvalue weighted by Gasteiger charge is 2.41. The van der Waals surface area contributed by atoms with Crippen molar-refractivity contribution in [1.29, 1.82) is 0 Å². The Morgan fingerprint density at radius 1 is 1.00 bits per heavy atom. The molecule has 3 heterocycles. The molecule has 2 aromatic heterocycles. The third kappa shape index (κ3) is 1.97. The molecule has 0 atom stereocenters. The van der Waals surface area contributed by atoms with E-state index in [0.717, 1.165) is 41.3 Å². The Labute approximate surface area is 140 Å². The minimum Gasteiger partial charge on any atom is -0.361 e. The van der Waals surface area contributed by atoms with Crippen LogP contribution in [-0.4, -0.2) is 19.7 Å². The zero-order chi connectivity index (χ0) is 16.0. The first-order chi connectivity index (χ1) is 11.9. The molecule has 3 aromatic rings. The topological polar surface area (TPSA) is 55.6 Å². The van der Waals surface area contributed by atoms with E-state index in [2.05, 4.69) is 39.2 Å². The van der Waals surface area contributed by atoms with Gasteiger partial charge in [0.05, 0.1) is 0 Å². The van der Waals surface area contributed by atoms with Gasteiger partial charge in [-0.2, -0.15) is 0 Å². The fourth-order valence-corrected chi connectivity index (χ4v) is 3.97. The van der Waals surface area contributed by atoms with E-state index >= 15 is 0 Å². The van der Waals surface area contributed by atoms with Gasteiger partial charge in [0.25, 0.3) is 0 Å². The fraction of sp³-hybridized carbons (Fsp3) is 0.316. The lowest BCUT2D eigenvalue weighted by atomic mass is 9.87. The van der Waals surface area contributed by atoms with Gasteiger partial charge in [-0.1, -0.05) is 18.6 Å². The zero-order valence-corrected chi connectivity index (χ0v) is 13.4. The minimum atomic E-state index is -0.143. The van der Waals surface area contributed by atoms with Crippen LogP contribution in [0.15, 0.2) is 48.8 Å². The summed E-state index contributed by atoms with van der Waals surface area (Å²) in [5.41, 5.74) is 3.10. The molecular formula is C19H19N5. The number of rotatable bonds is 1. The van der Waals surface area contributed by atoms with Gasteiger partial charge in [-0.3, -0.25) is 4.98 Å². The van der Waals surface area contributed by atoms with E-state index in [4.69, 9.17) is 10.1 Å². The van der Waals surface area contributed by atoms with Crippen LogP contribution in [-0.2, 0) is 5.66 Å². The molecular weight excluding hydrogens is 298 g/mol. The summed E-state index contributed by atoms with van der Waals surface area (Å²) in [6.07, 6.45) is 9.51. The summed E-state index contributed by atoms with van der Waals surface area (Å²) < 4.78 is 2.14. The Kier molecular flexibility index (Phi) is 2.95. The second-order valence-corrected chi connectivity index (χ2v) is 6.68. The number of pyridine rings is 1.